The van der Waals surface area contributed by atoms with E-state index in [1.54, 1.807) is 28.6 Å². The minimum Gasteiger partial charge on any atom is -0.490 e. The molecule has 0 bridgehead atoms. The molecule has 10 heteroatoms. The third kappa shape index (κ3) is 4.15. The Morgan fingerprint density at radius 1 is 1.19 bits per heavy atom. The number of fused-ring (bicyclic) bond motifs is 4. The molecule has 32 heavy (non-hydrogen) atoms. The highest BCUT2D eigenvalue weighted by Crippen LogP contribution is 2.32. The number of methoxy groups -OCH3 is 1. The van der Waals surface area contributed by atoms with E-state index < -0.39 is 0 Å². The third-order valence-electron chi connectivity index (χ3n) is 5.21. The van der Waals surface area contributed by atoms with E-state index >= 15 is 0 Å². The highest BCUT2D eigenvalue weighted by Gasteiger charge is 2.14. The lowest BCUT2D eigenvalue weighted by Crippen LogP contribution is -2.21. The summed E-state index contributed by atoms with van der Waals surface area (Å²) in [7, 11) is 1.65. The van der Waals surface area contributed by atoms with Crippen LogP contribution < -0.4 is 15.0 Å². The van der Waals surface area contributed by atoms with Gasteiger partial charge in [0.2, 0.25) is 5.16 Å². The Bertz CT molecular complexity index is 1320. The van der Waals surface area contributed by atoms with E-state index in [-0.39, 0.29) is 5.56 Å². The van der Waals surface area contributed by atoms with Gasteiger partial charge >= 0.3 is 0 Å². The van der Waals surface area contributed by atoms with Crippen LogP contribution in [-0.4, -0.2) is 51.1 Å². The van der Waals surface area contributed by atoms with E-state index in [2.05, 4.69) is 15.1 Å². The van der Waals surface area contributed by atoms with E-state index in [9.17, 15) is 4.79 Å². The number of thioether (sulfide) groups is 1. The molecule has 0 fully saturated rings. The first-order valence-corrected chi connectivity index (χ1v) is 11.5. The highest BCUT2D eigenvalue weighted by atomic mass is 32.2. The molecule has 5 rings (SSSR count). The predicted molar refractivity (Wildman–Crippen MR) is 121 cm³/mol. The van der Waals surface area contributed by atoms with Gasteiger partial charge in [0.25, 0.3) is 11.3 Å². The Labute approximate surface area is 188 Å². The number of pyridine rings is 1. The molecule has 1 aliphatic heterocycles. The largest absolute Gasteiger partial charge is 0.490 e. The zero-order chi connectivity index (χ0) is 21.9. The van der Waals surface area contributed by atoms with Crippen molar-refractivity contribution in [2.45, 2.75) is 30.3 Å². The van der Waals surface area contributed by atoms with Crippen molar-refractivity contribution in [2.24, 2.45) is 0 Å². The number of benzene rings is 1. The average Bonchev–Trinajstić information content (AvgIpc) is 3.09. The Kier molecular flexibility index (Phi) is 5.95. The lowest BCUT2D eigenvalue weighted by molar-refractivity contribution is 0.190. The van der Waals surface area contributed by atoms with Gasteiger partial charge in [0.1, 0.15) is 0 Å². The lowest BCUT2D eigenvalue weighted by atomic mass is 10.2. The SMILES string of the molecule is COCCCn1ccc2c(cnc3nc(SCc4ccc5c(c4)OCCCO5)nn32)c1=O. The number of aromatic nitrogens is 5. The molecule has 3 aromatic heterocycles. The predicted octanol–water partition coefficient (Wildman–Crippen LogP) is 2.93. The van der Waals surface area contributed by atoms with Crippen LogP contribution in [0.15, 0.2) is 46.6 Å². The van der Waals surface area contributed by atoms with Gasteiger partial charge in [-0.15, -0.1) is 5.10 Å². The zero-order valence-electron chi connectivity index (χ0n) is 17.7. The number of hydrogen-bond acceptors (Lipinski definition) is 8. The minimum atomic E-state index is -0.0927. The van der Waals surface area contributed by atoms with E-state index in [0.717, 1.165) is 29.9 Å². The number of hydrogen-bond donors (Lipinski definition) is 0. The van der Waals surface area contributed by atoms with Gasteiger partial charge in [-0.1, -0.05) is 17.8 Å². The van der Waals surface area contributed by atoms with Gasteiger partial charge in [-0.3, -0.25) is 4.79 Å². The first-order chi connectivity index (χ1) is 15.7. The first-order valence-electron chi connectivity index (χ1n) is 10.5. The van der Waals surface area contributed by atoms with Crippen LogP contribution in [0.2, 0.25) is 0 Å². The maximum atomic E-state index is 12.8. The minimum absolute atomic E-state index is 0.0927. The molecule has 0 atom stereocenters. The molecule has 0 saturated carbocycles. The molecule has 0 unspecified atom stereocenters. The fourth-order valence-electron chi connectivity index (χ4n) is 3.60. The summed E-state index contributed by atoms with van der Waals surface area (Å²) < 4.78 is 19.8. The molecule has 4 heterocycles. The molecule has 0 spiro atoms. The van der Waals surface area contributed by atoms with Crippen LogP contribution in [-0.2, 0) is 17.0 Å². The van der Waals surface area contributed by atoms with E-state index in [0.29, 0.717) is 54.0 Å². The Morgan fingerprint density at radius 3 is 2.94 bits per heavy atom. The van der Waals surface area contributed by atoms with Gasteiger partial charge in [0.05, 0.1) is 24.1 Å². The van der Waals surface area contributed by atoms with Crippen molar-refractivity contribution in [3.8, 4) is 11.5 Å². The second-order valence-corrected chi connectivity index (χ2v) is 8.39. The van der Waals surface area contributed by atoms with Crippen LogP contribution in [0.5, 0.6) is 11.5 Å². The maximum absolute atomic E-state index is 12.8. The van der Waals surface area contributed by atoms with Crippen LogP contribution in [0.25, 0.3) is 16.7 Å². The molecule has 9 nitrogen and oxygen atoms in total. The maximum Gasteiger partial charge on any atom is 0.261 e. The zero-order valence-corrected chi connectivity index (χ0v) is 18.5. The van der Waals surface area contributed by atoms with Crippen molar-refractivity contribution in [1.82, 2.24) is 24.1 Å². The average molecular weight is 454 g/mol. The summed E-state index contributed by atoms with van der Waals surface area (Å²) in [6, 6.07) is 7.85. The molecule has 166 valence electrons. The number of nitrogens with zero attached hydrogens (tertiary/aromatic N) is 5. The van der Waals surface area contributed by atoms with Gasteiger partial charge in [-0.05, 0) is 30.2 Å². The smallest absolute Gasteiger partial charge is 0.261 e. The topological polar surface area (TPSA) is 92.8 Å². The van der Waals surface area contributed by atoms with E-state index in [1.165, 1.54) is 11.8 Å². The van der Waals surface area contributed by atoms with Crippen LogP contribution in [0, 0.1) is 0 Å². The van der Waals surface area contributed by atoms with Crippen molar-refractivity contribution in [1.29, 1.82) is 0 Å². The summed E-state index contributed by atoms with van der Waals surface area (Å²) in [5.74, 6) is 2.71. The van der Waals surface area contributed by atoms with Crippen LogP contribution in [0.4, 0.5) is 0 Å². The number of rotatable bonds is 7. The highest BCUT2D eigenvalue weighted by molar-refractivity contribution is 7.98. The summed E-state index contributed by atoms with van der Waals surface area (Å²) in [6.45, 7) is 2.53. The molecular formula is C22H23N5O4S. The number of aryl methyl sites for hydroxylation is 1. The Morgan fingerprint density at radius 2 is 2.06 bits per heavy atom. The summed E-state index contributed by atoms with van der Waals surface area (Å²) in [4.78, 5) is 21.7. The van der Waals surface area contributed by atoms with Gasteiger partial charge in [0, 0.05) is 44.8 Å². The second kappa shape index (κ2) is 9.17. The summed E-state index contributed by atoms with van der Waals surface area (Å²) in [5.41, 5.74) is 1.69. The second-order valence-electron chi connectivity index (χ2n) is 7.44. The van der Waals surface area contributed by atoms with Gasteiger partial charge < -0.3 is 18.8 Å². The fourth-order valence-corrected chi connectivity index (χ4v) is 4.36. The Balaban J connectivity index is 1.37. The summed E-state index contributed by atoms with van der Waals surface area (Å²) in [6.07, 6.45) is 5.00. The van der Waals surface area contributed by atoms with Crippen molar-refractivity contribution < 1.29 is 14.2 Å². The quantitative estimate of drug-likeness (QED) is 0.312. The first kappa shape index (κ1) is 20.8. The van der Waals surface area contributed by atoms with Crippen molar-refractivity contribution >= 4 is 28.4 Å². The third-order valence-corrected chi connectivity index (χ3v) is 6.12. The molecule has 4 aromatic rings. The van der Waals surface area contributed by atoms with E-state index in [1.807, 2.05) is 24.3 Å². The molecule has 1 aromatic carbocycles. The van der Waals surface area contributed by atoms with Crippen molar-refractivity contribution in [3.63, 3.8) is 0 Å². The monoisotopic (exact) mass is 453 g/mol. The van der Waals surface area contributed by atoms with E-state index in [4.69, 9.17) is 14.2 Å². The lowest BCUT2D eigenvalue weighted by Gasteiger charge is -2.08. The van der Waals surface area contributed by atoms with Crippen LogP contribution in [0.3, 0.4) is 0 Å². The van der Waals surface area contributed by atoms with Crippen LogP contribution in [0.1, 0.15) is 18.4 Å². The summed E-state index contributed by atoms with van der Waals surface area (Å²) >= 11 is 1.51. The molecule has 0 radical (unpaired) electrons. The Hall–Kier alpha value is -3.11. The van der Waals surface area contributed by atoms with Crippen molar-refractivity contribution in [3.05, 3.63) is 52.6 Å². The molecule has 0 amide bonds. The van der Waals surface area contributed by atoms with Gasteiger partial charge in [0.15, 0.2) is 11.5 Å². The molecule has 0 aliphatic carbocycles. The standard InChI is InChI=1S/C22H23N5O4S/c1-29-9-2-7-26-8-6-17-16(20(26)28)13-23-21-24-22(25-27(17)21)32-14-15-4-5-18-19(12-15)31-11-3-10-30-18/h4-6,8,12-13H,2-3,7,9-11,14H2,1H3. The summed E-state index contributed by atoms with van der Waals surface area (Å²) in [5, 5.41) is 5.70. The molecule has 1 aliphatic rings. The molecule has 0 N–H and O–H groups in total. The molecule has 0 saturated heterocycles. The number of ether oxygens (including phenoxy) is 3. The van der Waals surface area contributed by atoms with Gasteiger partial charge in [-0.25, -0.2) is 4.98 Å². The molecular weight excluding hydrogens is 430 g/mol. The van der Waals surface area contributed by atoms with Crippen molar-refractivity contribution in [2.75, 3.05) is 26.9 Å². The van der Waals surface area contributed by atoms with Crippen LogP contribution >= 0.6 is 11.8 Å². The normalized spacial score (nSPS) is 13.5. The van der Waals surface area contributed by atoms with Gasteiger partial charge in [-0.2, -0.15) is 9.50 Å². The fraction of sp³-hybridized carbons (Fsp3) is 0.364.